The molecule has 0 spiro atoms. The highest BCUT2D eigenvalue weighted by Gasteiger charge is 2.17. The van der Waals surface area contributed by atoms with Crippen molar-refractivity contribution in [3.63, 3.8) is 0 Å². The summed E-state index contributed by atoms with van der Waals surface area (Å²) in [4.78, 5) is 22.6. The van der Waals surface area contributed by atoms with Crippen LogP contribution in [-0.4, -0.2) is 29.6 Å². The molecule has 1 unspecified atom stereocenters. The molecule has 0 bridgehead atoms. The molecule has 0 saturated carbocycles. The molecule has 0 radical (unpaired) electrons. The molecular weight excluding hydrogens is 270 g/mol. The summed E-state index contributed by atoms with van der Waals surface area (Å²) < 4.78 is 5.56. The summed E-state index contributed by atoms with van der Waals surface area (Å²) >= 11 is 0. The monoisotopic (exact) mass is 291 g/mol. The summed E-state index contributed by atoms with van der Waals surface area (Å²) in [6.07, 6.45) is 1.76. The number of nitrogens with one attached hydrogen (secondary N) is 1. The summed E-state index contributed by atoms with van der Waals surface area (Å²) in [6, 6.07) is 4.91. The van der Waals surface area contributed by atoms with Crippen LogP contribution in [0.4, 0.5) is 0 Å². The molecule has 0 aliphatic carbocycles. The van der Waals surface area contributed by atoms with E-state index in [-0.39, 0.29) is 25.4 Å². The second-order valence-electron chi connectivity index (χ2n) is 4.85. The Balaban J connectivity index is 2.44. The maximum atomic E-state index is 11.7. The van der Waals surface area contributed by atoms with E-state index in [4.69, 9.17) is 9.84 Å². The molecular formula is C16H21NO4. The molecule has 5 nitrogen and oxygen atoms in total. The number of aryl methyl sites for hydroxylation is 2. The van der Waals surface area contributed by atoms with Crippen molar-refractivity contribution in [1.82, 2.24) is 5.32 Å². The van der Waals surface area contributed by atoms with E-state index in [1.807, 2.05) is 32.0 Å². The number of ether oxygens (including phenoxy) is 1. The maximum absolute atomic E-state index is 11.7. The van der Waals surface area contributed by atoms with E-state index in [1.54, 1.807) is 0 Å². The number of carboxylic acids is 1. The number of carbonyl (C=O) groups is 2. The van der Waals surface area contributed by atoms with Gasteiger partial charge in [-0.1, -0.05) is 18.2 Å². The summed E-state index contributed by atoms with van der Waals surface area (Å²) in [5.74, 6) is -0.683. The molecule has 5 heteroatoms. The number of benzene rings is 1. The lowest BCUT2D eigenvalue weighted by Crippen LogP contribution is -2.40. The lowest BCUT2D eigenvalue weighted by atomic mass is 10.1. The lowest BCUT2D eigenvalue weighted by molar-refractivity contribution is -0.141. The Labute approximate surface area is 124 Å². The first-order valence-electron chi connectivity index (χ1n) is 6.77. The lowest BCUT2D eigenvalue weighted by Gasteiger charge is -2.13. The maximum Gasteiger partial charge on any atom is 0.326 e. The third-order valence-corrected chi connectivity index (χ3v) is 2.97. The number of aliphatic carboxylic acids is 1. The molecule has 0 aromatic heterocycles. The minimum absolute atomic E-state index is 0.105. The van der Waals surface area contributed by atoms with Gasteiger partial charge in [-0.15, -0.1) is 6.58 Å². The number of hydrogen-bond donors (Lipinski definition) is 2. The van der Waals surface area contributed by atoms with Crippen LogP contribution in [0.5, 0.6) is 5.75 Å². The Morgan fingerprint density at radius 2 is 2.14 bits per heavy atom. The predicted octanol–water partition coefficient (Wildman–Crippen LogP) is 2.22. The van der Waals surface area contributed by atoms with E-state index in [1.165, 1.54) is 6.08 Å². The van der Waals surface area contributed by atoms with Crippen LogP contribution in [0.3, 0.4) is 0 Å². The largest absolute Gasteiger partial charge is 0.493 e. The van der Waals surface area contributed by atoms with Crippen molar-refractivity contribution >= 4 is 11.9 Å². The van der Waals surface area contributed by atoms with E-state index in [0.29, 0.717) is 0 Å². The molecule has 1 atom stereocenters. The van der Waals surface area contributed by atoms with Crippen molar-refractivity contribution < 1.29 is 19.4 Å². The van der Waals surface area contributed by atoms with Gasteiger partial charge in [0.15, 0.2) is 0 Å². The van der Waals surface area contributed by atoms with Gasteiger partial charge in [0.05, 0.1) is 13.0 Å². The summed E-state index contributed by atoms with van der Waals surface area (Å²) in [5.41, 5.74) is 2.08. The molecule has 1 aromatic carbocycles. The Kier molecular flexibility index (Phi) is 6.46. The van der Waals surface area contributed by atoms with Crippen molar-refractivity contribution in [2.45, 2.75) is 32.7 Å². The zero-order valence-electron chi connectivity index (χ0n) is 12.4. The second-order valence-corrected chi connectivity index (χ2v) is 4.85. The molecule has 0 aliphatic heterocycles. The zero-order chi connectivity index (χ0) is 15.8. The smallest absolute Gasteiger partial charge is 0.326 e. The molecule has 114 valence electrons. The quantitative estimate of drug-likeness (QED) is 0.720. The molecule has 1 rings (SSSR count). The van der Waals surface area contributed by atoms with Gasteiger partial charge in [0.1, 0.15) is 11.8 Å². The first-order chi connectivity index (χ1) is 9.93. The summed E-state index contributed by atoms with van der Waals surface area (Å²) in [5, 5.41) is 11.4. The van der Waals surface area contributed by atoms with Crippen LogP contribution in [0, 0.1) is 13.8 Å². The third kappa shape index (κ3) is 5.69. The van der Waals surface area contributed by atoms with E-state index in [0.717, 1.165) is 16.9 Å². The number of amides is 1. The van der Waals surface area contributed by atoms with Crippen LogP contribution >= 0.6 is 0 Å². The van der Waals surface area contributed by atoms with Gasteiger partial charge in [-0.2, -0.15) is 0 Å². The fraction of sp³-hybridized carbons (Fsp3) is 0.375. The molecule has 1 aromatic rings. The minimum atomic E-state index is -1.07. The predicted molar refractivity (Wildman–Crippen MR) is 80.4 cm³/mol. The van der Waals surface area contributed by atoms with E-state index in [2.05, 4.69) is 11.9 Å². The van der Waals surface area contributed by atoms with Crippen molar-refractivity contribution in [2.75, 3.05) is 6.61 Å². The van der Waals surface area contributed by atoms with Crippen LogP contribution in [0.2, 0.25) is 0 Å². The van der Waals surface area contributed by atoms with Crippen LogP contribution in [-0.2, 0) is 9.59 Å². The van der Waals surface area contributed by atoms with Gasteiger partial charge in [0.25, 0.3) is 0 Å². The SMILES string of the molecule is C=CCC(NC(=O)CCOc1cc(C)ccc1C)C(=O)O. The molecule has 0 heterocycles. The summed E-state index contributed by atoms with van der Waals surface area (Å²) in [6.45, 7) is 7.57. The van der Waals surface area contributed by atoms with E-state index >= 15 is 0 Å². The van der Waals surface area contributed by atoms with Crippen molar-refractivity contribution in [1.29, 1.82) is 0 Å². The molecule has 0 saturated heterocycles. The van der Waals surface area contributed by atoms with Gasteiger partial charge in [0.2, 0.25) is 5.91 Å². The standard InChI is InChI=1S/C16H21NO4/c1-4-5-13(16(19)20)17-15(18)8-9-21-14-10-11(2)6-7-12(14)3/h4,6-7,10,13H,1,5,8-9H2,2-3H3,(H,17,18)(H,19,20). The normalized spacial score (nSPS) is 11.5. The fourth-order valence-electron chi connectivity index (χ4n) is 1.77. The number of hydrogen-bond acceptors (Lipinski definition) is 3. The Morgan fingerprint density at radius 3 is 2.76 bits per heavy atom. The average Bonchev–Trinajstić information content (AvgIpc) is 2.42. The molecule has 1 amide bonds. The van der Waals surface area contributed by atoms with Gasteiger partial charge >= 0.3 is 5.97 Å². The van der Waals surface area contributed by atoms with E-state index < -0.39 is 12.0 Å². The van der Waals surface area contributed by atoms with Gasteiger partial charge in [-0.25, -0.2) is 4.79 Å². The molecule has 21 heavy (non-hydrogen) atoms. The van der Waals surface area contributed by atoms with E-state index in [9.17, 15) is 9.59 Å². The van der Waals surface area contributed by atoms with Crippen molar-refractivity contribution in [2.24, 2.45) is 0 Å². The second kappa shape index (κ2) is 8.09. The Bertz CT molecular complexity index is 525. The zero-order valence-corrected chi connectivity index (χ0v) is 12.4. The van der Waals surface area contributed by atoms with Crippen molar-refractivity contribution in [3.05, 3.63) is 42.0 Å². The van der Waals surface area contributed by atoms with Gasteiger partial charge in [-0.3, -0.25) is 4.79 Å². The van der Waals surface area contributed by atoms with Gasteiger partial charge in [0, 0.05) is 0 Å². The van der Waals surface area contributed by atoms with Gasteiger partial charge in [-0.05, 0) is 37.5 Å². The highest BCUT2D eigenvalue weighted by molar-refractivity contribution is 5.83. The minimum Gasteiger partial charge on any atom is -0.493 e. The van der Waals surface area contributed by atoms with Crippen LogP contribution in [0.15, 0.2) is 30.9 Å². The molecule has 2 N–H and O–H groups in total. The highest BCUT2D eigenvalue weighted by atomic mass is 16.5. The third-order valence-electron chi connectivity index (χ3n) is 2.97. The Morgan fingerprint density at radius 1 is 1.43 bits per heavy atom. The summed E-state index contributed by atoms with van der Waals surface area (Å²) in [7, 11) is 0. The number of carboxylic acid groups (broad SMARTS) is 1. The molecule has 0 fully saturated rings. The van der Waals surface area contributed by atoms with Crippen molar-refractivity contribution in [3.8, 4) is 5.75 Å². The first kappa shape index (κ1) is 16.8. The highest BCUT2D eigenvalue weighted by Crippen LogP contribution is 2.19. The number of carbonyl (C=O) groups excluding carboxylic acids is 1. The molecule has 0 aliphatic rings. The topological polar surface area (TPSA) is 75.6 Å². The fourth-order valence-corrected chi connectivity index (χ4v) is 1.77. The van der Waals surface area contributed by atoms with Crippen LogP contribution < -0.4 is 10.1 Å². The van der Waals surface area contributed by atoms with Crippen LogP contribution in [0.25, 0.3) is 0 Å². The average molecular weight is 291 g/mol. The van der Waals surface area contributed by atoms with Crippen LogP contribution in [0.1, 0.15) is 24.0 Å². The first-order valence-corrected chi connectivity index (χ1v) is 6.77. The Hall–Kier alpha value is -2.30. The number of rotatable bonds is 8. The van der Waals surface area contributed by atoms with Gasteiger partial charge < -0.3 is 15.2 Å².